The van der Waals surface area contributed by atoms with Crippen molar-refractivity contribution in [3.8, 4) is 0 Å². The van der Waals surface area contributed by atoms with Gasteiger partial charge in [0.1, 0.15) is 5.69 Å². The molecule has 3 N–H and O–H groups in total. The molecule has 20 heavy (non-hydrogen) atoms. The molecule has 1 aliphatic rings. The number of carboxylic acids is 1. The van der Waals surface area contributed by atoms with Gasteiger partial charge in [0.2, 0.25) is 0 Å². The molecular weight excluding hydrogens is 256 g/mol. The minimum Gasteiger partial charge on any atom is -0.477 e. The SMILES string of the molecule is Cc1[nH]c(C(=O)O)c(C)c1C(=O)NC1CCCCC1C. The van der Waals surface area contributed by atoms with Gasteiger partial charge in [-0.3, -0.25) is 4.79 Å². The number of rotatable bonds is 3. The summed E-state index contributed by atoms with van der Waals surface area (Å²) in [5.74, 6) is -0.718. The molecule has 5 nitrogen and oxygen atoms in total. The van der Waals surface area contributed by atoms with E-state index >= 15 is 0 Å². The van der Waals surface area contributed by atoms with Crippen LogP contribution in [0.3, 0.4) is 0 Å². The summed E-state index contributed by atoms with van der Waals surface area (Å²) in [4.78, 5) is 26.3. The summed E-state index contributed by atoms with van der Waals surface area (Å²) in [6, 6.07) is 0.193. The molecule has 0 bridgehead atoms. The van der Waals surface area contributed by atoms with Crippen molar-refractivity contribution in [3.63, 3.8) is 0 Å². The Balaban J connectivity index is 2.19. The zero-order chi connectivity index (χ0) is 14.9. The Bertz CT molecular complexity index is 533. The lowest BCUT2D eigenvalue weighted by Gasteiger charge is -2.29. The van der Waals surface area contributed by atoms with Gasteiger partial charge in [-0.25, -0.2) is 4.79 Å². The molecule has 0 spiro atoms. The Hall–Kier alpha value is -1.78. The van der Waals surface area contributed by atoms with Crippen molar-refractivity contribution in [2.45, 2.75) is 52.5 Å². The number of aryl methyl sites for hydroxylation is 1. The Morgan fingerprint density at radius 3 is 2.45 bits per heavy atom. The third-order valence-corrected chi connectivity index (χ3v) is 4.31. The number of nitrogens with one attached hydrogen (secondary N) is 2. The van der Waals surface area contributed by atoms with E-state index < -0.39 is 5.97 Å². The second kappa shape index (κ2) is 5.69. The monoisotopic (exact) mass is 278 g/mol. The summed E-state index contributed by atoms with van der Waals surface area (Å²) in [7, 11) is 0. The largest absolute Gasteiger partial charge is 0.477 e. The quantitative estimate of drug-likeness (QED) is 0.795. The maximum Gasteiger partial charge on any atom is 0.352 e. The van der Waals surface area contributed by atoms with Gasteiger partial charge in [-0.05, 0) is 38.2 Å². The first kappa shape index (κ1) is 14.6. The molecule has 1 heterocycles. The van der Waals surface area contributed by atoms with Crippen LogP contribution in [-0.4, -0.2) is 28.0 Å². The van der Waals surface area contributed by atoms with Crippen LogP contribution >= 0.6 is 0 Å². The van der Waals surface area contributed by atoms with E-state index in [2.05, 4.69) is 17.2 Å². The highest BCUT2D eigenvalue weighted by Crippen LogP contribution is 2.25. The van der Waals surface area contributed by atoms with E-state index in [0.29, 0.717) is 22.7 Å². The molecule has 2 rings (SSSR count). The molecule has 5 heteroatoms. The molecule has 2 atom stereocenters. The third kappa shape index (κ3) is 2.71. The first-order valence-corrected chi connectivity index (χ1v) is 7.15. The number of aromatic nitrogens is 1. The fraction of sp³-hybridized carbons (Fsp3) is 0.600. The van der Waals surface area contributed by atoms with Gasteiger partial charge < -0.3 is 15.4 Å². The molecule has 0 saturated heterocycles. The van der Waals surface area contributed by atoms with Crippen LogP contribution in [0.2, 0.25) is 0 Å². The molecule has 1 fully saturated rings. The Kier molecular flexibility index (Phi) is 4.16. The zero-order valence-corrected chi connectivity index (χ0v) is 12.2. The van der Waals surface area contributed by atoms with Crippen molar-refractivity contribution in [3.05, 3.63) is 22.5 Å². The third-order valence-electron chi connectivity index (χ3n) is 4.31. The zero-order valence-electron chi connectivity index (χ0n) is 12.2. The van der Waals surface area contributed by atoms with Crippen molar-refractivity contribution in [1.82, 2.24) is 10.3 Å². The average molecular weight is 278 g/mol. The minimum atomic E-state index is -1.03. The lowest BCUT2D eigenvalue weighted by molar-refractivity contribution is 0.0690. The fourth-order valence-corrected chi connectivity index (χ4v) is 3.08. The van der Waals surface area contributed by atoms with E-state index in [-0.39, 0.29) is 17.6 Å². The summed E-state index contributed by atoms with van der Waals surface area (Å²) < 4.78 is 0. The van der Waals surface area contributed by atoms with E-state index in [9.17, 15) is 9.59 Å². The smallest absolute Gasteiger partial charge is 0.352 e. The van der Waals surface area contributed by atoms with Crippen molar-refractivity contribution in [1.29, 1.82) is 0 Å². The highest BCUT2D eigenvalue weighted by molar-refractivity contribution is 6.00. The molecule has 0 aliphatic heterocycles. The second-order valence-corrected chi connectivity index (χ2v) is 5.77. The predicted octanol–water partition coefficient (Wildman–Crippen LogP) is 2.64. The van der Waals surface area contributed by atoms with Crippen molar-refractivity contribution in [2.75, 3.05) is 0 Å². The van der Waals surface area contributed by atoms with Gasteiger partial charge in [-0.15, -0.1) is 0 Å². The van der Waals surface area contributed by atoms with E-state index in [0.717, 1.165) is 19.3 Å². The normalized spacial score (nSPS) is 22.6. The van der Waals surface area contributed by atoms with Crippen LogP contribution in [-0.2, 0) is 0 Å². The minimum absolute atomic E-state index is 0.101. The van der Waals surface area contributed by atoms with Crippen molar-refractivity contribution < 1.29 is 14.7 Å². The van der Waals surface area contributed by atoms with E-state index in [4.69, 9.17) is 5.11 Å². The number of H-pyrrole nitrogens is 1. The fourth-order valence-electron chi connectivity index (χ4n) is 3.08. The van der Waals surface area contributed by atoms with Gasteiger partial charge in [0, 0.05) is 11.7 Å². The van der Waals surface area contributed by atoms with Gasteiger partial charge in [-0.2, -0.15) is 0 Å². The number of carboxylic acid groups (broad SMARTS) is 1. The molecule has 0 aromatic carbocycles. The molecule has 110 valence electrons. The lowest BCUT2D eigenvalue weighted by Crippen LogP contribution is -2.41. The molecular formula is C15H22N2O3. The number of aromatic amines is 1. The summed E-state index contributed by atoms with van der Waals surface area (Å²) in [5.41, 5.74) is 1.70. The topological polar surface area (TPSA) is 82.2 Å². The van der Waals surface area contributed by atoms with E-state index in [1.807, 2.05) is 0 Å². The van der Waals surface area contributed by atoms with Crippen molar-refractivity contribution in [2.24, 2.45) is 5.92 Å². The summed E-state index contributed by atoms with van der Waals surface area (Å²) in [6.45, 7) is 5.56. The number of carbonyl (C=O) groups is 2. The van der Waals surface area contributed by atoms with Crippen LogP contribution in [0.5, 0.6) is 0 Å². The maximum absolute atomic E-state index is 12.4. The first-order chi connectivity index (χ1) is 9.41. The number of amides is 1. The Morgan fingerprint density at radius 2 is 1.90 bits per heavy atom. The van der Waals surface area contributed by atoms with Crippen LogP contribution in [0.15, 0.2) is 0 Å². The van der Waals surface area contributed by atoms with E-state index in [1.165, 1.54) is 6.42 Å². The maximum atomic E-state index is 12.4. The molecule has 1 saturated carbocycles. The molecule has 1 aromatic rings. The predicted molar refractivity (Wildman–Crippen MR) is 76.1 cm³/mol. The molecule has 0 radical (unpaired) electrons. The van der Waals surface area contributed by atoms with Crippen LogP contribution in [0.25, 0.3) is 0 Å². The Labute approximate surface area is 118 Å². The summed E-state index contributed by atoms with van der Waals surface area (Å²) >= 11 is 0. The van der Waals surface area contributed by atoms with Gasteiger partial charge in [-0.1, -0.05) is 19.8 Å². The number of hydrogen-bond donors (Lipinski definition) is 3. The summed E-state index contributed by atoms with van der Waals surface area (Å²) in [6.07, 6.45) is 4.50. The van der Waals surface area contributed by atoms with Crippen LogP contribution in [0.4, 0.5) is 0 Å². The van der Waals surface area contributed by atoms with Gasteiger partial charge in [0.15, 0.2) is 0 Å². The van der Waals surface area contributed by atoms with Gasteiger partial charge >= 0.3 is 5.97 Å². The second-order valence-electron chi connectivity index (χ2n) is 5.77. The molecule has 1 amide bonds. The lowest BCUT2D eigenvalue weighted by atomic mass is 9.86. The van der Waals surface area contributed by atoms with Gasteiger partial charge in [0.25, 0.3) is 5.91 Å². The molecule has 1 aromatic heterocycles. The number of hydrogen-bond acceptors (Lipinski definition) is 2. The number of aromatic carboxylic acids is 1. The highest BCUT2D eigenvalue weighted by Gasteiger charge is 2.26. The standard InChI is InChI=1S/C15H22N2O3/c1-8-6-4-5-7-11(8)17-14(18)12-9(2)13(15(19)20)16-10(12)3/h8,11,16H,4-7H2,1-3H3,(H,17,18)(H,19,20). The average Bonchev–Trinajstić information content (AvgIpc) is 2.68. The van der Waals surface area contributed by atoms with Gasteiger partial charge in [0.05, 0.1) is 5.56 Å². The Morgan fingerprint density at radius 1 is 1.25 bits per heavy atom. The number of carbonyl (C=O) groups excluding carboxylic acids is 1. The van der Waals surface area contributed by atoms with Crippen LogP contribution in [0.1, 0.15) is 64.7 Å². The van der Waals surface area contributed by atoms with Crippen molar-refractivity contribution >= 4 is 11.9 Å². The van der Waals surface area contributed by atoms with Crippen LogP contribution in [0, 0.1) is 19.8 Å². The van der Waals surface area contributed by atoms with Crippen LogP contribution < -0.4 is 5.32 Å². The highest BCUT2D eigenvalue weighted by atomic mass is 16.4. The summed E-state index contributed by atoms with van der Waals surface area (Å²) in [5, 5.41) is 12.2. The molecule has 1 aliphatic carbocycles. The first-order valence-electron chi connectivity index (χ1n) is 7.15. The molecule has 2 unspecified atom stereocenters. The van der Waals surface area contributed by atoms with E-state index in [1.54, 1.807) is 13.8 Å².